The number of nitrogens with zero attached hydrogens (tertiary/aromatic N) is 2. The predicted octanol–water partition coefficient (Wildman–Crippen LogP) is 12.4. The monoisotopic (exact) mass is 618 g/mol. The van der Waals surface area contributed by atoms with Gasteiger partial charge in [-0.3, -0.25) is 0 Å². The van der Waals surface area contributed by atoms with Gasteiger partial charge in [0.05, 0.1) is 5.39 Å². The summed E-state index contributed by atoms with van der Waals surface area (Å²) >= 11 is 0. The van der Waals surface area contributed by atoms with Gasteiger partial charge in [-0.25, -0.2) is 4.98 Å². The molecule has 0 N–H and O–H groups in total. The minimum Gasteiger partial charge on any atom is -0.456 e. The van der Waals surface area contributed by atoms with Crippen molar-refractivity contribution in [1.29, 1.82) is 0 Å². The fraction of sp³-hybridized carbons (Fsp3) is 0. The molecule has 10 rings (SSSR count). The van der Waals surface area contributed by atoms with E-state index in [2.05, 4.69) is 95.9 Å². The van der Waals surface area contributed by atoms with Crippen molar-refractivity contribution in [3.63, 3.8) is 0 Å². The topological polar surface area (TPSA) is 55.6 Å². The predicted molar refractivity (Wildman–Crippen MR) is 194 cm³/mol. The van der Waals surface area contributed by atoms with Gasteiger partial charge in [0.15, 0.2) is 5.58 Å². The van der Waals surface area contributed by atoms with Crippen LogP contribution in [0.1, 0.15) is 0 Å². The summed E-state index contributed by atoms with van der Waals surface area (Å²) in [6.07, 6.45) is 0. The second kappa shape index (κ2) is 10.5. The maximum absolute atomic E-state index is 6.50. The Morgan fingerprint density at radius 1 is 0.375 bits per heavy atom. The molecule has 0 fully saturated rings. The van der Waals surface area contributed by atoms with Crippen LogP contribution in [0, 0.1) is 0 Å². The minimum atomic E-state index is 0.593. The number of fused-ring (bicyclic) bond motifs is 8. The minimum absolute atomic E-state index is 0.593. The van der Waals surface area contributed by atoms with E-state index in [4.69, 9.17) is 18.2 Å². The molecule has 0 atom stereocenters. The van der Waals surface area contributed by atoms with Crippen LogP contribution in [-0.2, 0) is 0 Å². The molecule has 0 bridgehead atoms. The number of aromatic nitrogens is 1. The van der Waals surface area contributed by atoms with Crippen LogP contribution in [0.4, 0.5) is 17.1 Å². The van der Waals surface area contributed by atoms with Crippen molar-refractivity contribution in [2.45, 2.75) is 0 Å². The Bertz CT molecular complexity index is 2770. The smallest absolute Gasteiger partial charge is 0.227 e. The third-order valence-electron chi connectivity index (χ3n) is 9.11. The van der Waals surface area contributed by atoms with Gasteiger partial charge in [0.2, 0.25) is 5.89 Å². The number of benzene rings is 7. The van der Waals surface area contributed by atoms with Crippen LogP contribution in [0.3, 0.4) is 0 Å². The van der Waals surface area contributed by atoms with Crippen molar-refractivity contribution in [2.75, 3.05) is 4.90 Å². The van der Waals surface area contributed by atoms with Gasteiger partial charge < -0.3 is 18.2 Å². The molecule has 0 aliphatic carbocycles. The molecular weight excluding hydrogens is 592 g/mol. The molecule has 10 aromatic rings. The van der Waals surface area contributed by atoms with E-state index in [1.165, 1.54) is 5.56 Å². The van der Waals surface area contributed by atoms with E-state index in [0.29, 0.717) is 5.89 Å². The molecule has 48 heavy (non-hydrogen) atoms. The van der Waals surface area contributed by atoms with Gasteiger partial charge >= 0.3 is 0 Å². The molecule has 0 amide bonds. The molecule has 226 valence electrons. The zero-order valence-electron chi connectivity index (χ0n) is 25.6. The lowest BCUT2D eigenvalue weighted by molar-refractivity contribution is 0.619. The average Bonchev–Trinajstić information content (AvgIpc) is 3.85. The van der Waals surface area contributed by atoms with Crippen LogP contribution in [0.25, 0.3) is 77.6 Å². The van der Waals surface area contributed by atoms with Gasteiger partial charge in [-0.1, -0.05) is 78.9 Å². The summed E-state index contributed by atoms with van der Waals surface area (Å²) in [6, 6.07) is 53.9. The first kappa shape index (κ1) is 26.6. The normalized spacial score (nSPS) is 11.8. The van der Waals surface area contributed by atoms with Gasteiger partial charge in [0.1, 0.15) is 27.8 Å². The Morgan fingerprint density at radius 2 is 0.938 bits per heavy atom. The van der Waals surface area contributed by atoms with Gasteiger partial charge in [0, 0.05) is 50.9 Å². The summed E-state index contributed by atoms with van der Waals surface area (Å²) in [4.78, 5) is 7.16. The lowest BCUT2D eigenvalue weighted by Gasteiger charge is -2.25. The SMILES string of the molecule is c1ccc(-c2ccc(N(c3ccc4c(c3)oc3ccccc34)c3ccc4c(c3)oc3ccc5oc(-c6ccccc6)nc5c34)cc2)cc1. The van der Waals surface area contributed by atoms with Crippen molar-refractivity contribution in [3.8, 4) is 22.6 Å². The number of para-hydroxylation sites is 1. The molecule has 0 aliphatic heterocycles. The number of oxazole rings is 1. The molecule has 0 spiro atoms. The first-order chi connectivity index (χ1) is 23.8. The largest absolute Gasteiger partial charge is 0.456 e. The number of rotatable bonds is 5. The molecule has 0 saturated heterocycles. The molecule has 7 aromatic carbocycles. The summed E-state index contributed by atoms with van der Waals surface area (Å²) in [5.41, 5.74) is 11.0. The van der Waals surface area contributed by atoms with Crippen LogP contribution in [-0.4, -0.2) is 4.98 Å². The Kier molecular flexibility index (Phi) is 5.81. The summed E-state index contributed by atoms with van der Waals surface area (Å²) in [6.45, 7) is 0. The summed E-state index contributed by atoms with van der Waals surface area (Å²) in [5, 5.41) is 4.13. The van der Waals surface area contributed by atoms with E-state index >= 15 is 0 Å². The van der Waals surface area contributed by atoms with Crippen LogP contribution in [0.2, 0.25) is 0 Å². The maximum Gasteiger partial charge on any atom is 0.227 e. The van der Waals surface area contributed by atoms with Crippen LogP contribution < -0.4 is 4.90 Å². The quantitative estimate of drug-likeness (QED) is 0.192. The van der Waals surface area contributed by atoms with Gasteiger partial charge in [-0.15, -0.1) is 0 Å². The average molecular weight is 619 g/mol. The summed E-state index contributed by atoms with van der Waals surface area (Å²) < 4.78 is 19.0. The van der Waals surface area contributed by atoms with E-state index < -0.39 is 0 Å². The van der Waals surface area contributed by atoms with Crippen molar-refractivity contribution in [1.82, 2.24) is 4.98 Å². The Morgan fingerprint density at radius 3 is 1.71 bits per heavy atom. The fourth-order valence-electron chi connectivity index (χ4n) is 6.82. The number of furan rings is 2. The van der Waals surface area contributed by atoms with E-state index in [9.17, 15) is 0 Å². The second-order valence-electron chi connectivity index (χ2n) is 12.0. The first-order valence-electron chi connectivity index (χ1n) is 15.9. The number of hydrogen-bond donors (Lipinski definition) is 0. The highest BCUT2D eigenvalue weighted by molar-refractivity contribution is 6.17. The number of anilines is 3. The molecule has 0 aliphatic rings. The highest BCUT2D eigenvalue weighted by atomic mass is 16.4. The third kappa shape index (κ3) is 4.22. The molecule has 3 aromatic heterocycles. The zero-order valence-corrected chi connectivity index (χ0v) is 25.6. The van der Waals surface area contributed by atoms with E-state index in [-0.39, 0.29) is 0 Å². The lowest BCUT2D eigenvalue weighted by Crippen LogP contribution is -2.09. The molecule has 5 nitrogen and oxygen atoms in total. The van der Waals surface area contributed by atoms with Crippen LogP contribution in [0.5, 0.6) is 0 Å². The second-order valence-corrected chi connectivity index (χ2v) is 12.0. The zero-order chi connectivity index (χ0) is 31.6. The van der Waals surface area contributed by atoms with Crippen LogP contribution in [0.15, 0.2) is 171 Å². The van der Waals surface area contributed by atoms with Crippen molar-refractivity contribution >= 4 is 72.0 Å². The van der Waals surface area contributed by atoms with E-state index in [0.717, 1.165) is 83.2 Å². The standard InChI is InChI=1S/C43H26N2O3/c1-3-9-27(10-4-1)28-15-17-30(18-16-28)45(31-19-21-34-33-13-7-8-14-36(33)46-39(34)25-31)32-20-22-35-40(26-32)47-37-23-24-38-42(41(35)37)44-43(48-38)29-11-5-2-6-12-29/h1-26H. The van der Waals surface area contributed by atoms with Gasteiger partial charge in [-0.05, 0) is 77.9 Å². The molecule has 5 heteroatoms. The van der Waals surface area contributed by atoms with Gasteiger partial charge in [-0.2, -0.15) is 0 Å². The lowest BCUT2D eigenvalue weighted by atomic mass is 10.0. The molecule has 3 heterocycles. The fourth-order valence-corrected chi connectivity index (χ4v) is 6.82. The summed E-state index contributed by atoms with van der Waals surface area (Å²) in [7, 11) is 0. The van der Waals surface area contributed by atoms with Gasteiger partial charge in [0.25, 0.3) is 0 Å². The van der Waals surface area contributed by atoms with Crippen molar-refractivity contribution < 1.29 is 13.3 Å². The highest BCUT2D eigenvalue weighted by Crippen LogP contribution is 2.42. The van der Waals surface area contributed by atoms with Crippen LogP contribution >= 0.6 is 0 Å². The number of hydrogen-bond acceptors (Lipinski definition) is 5. The molecule has 0 unspecified atom stereocenters. The summed E-state index contributed by atoms with van der Waals surface area (Å²) in [5.74, 6) is 0.593. The van der Waals surface area contributed by atoms with Crippen molar-refractivity contribution in [3.05, 3.63) is 158 Å². The maximum atomic E-state index is 6.50. The molecule has 0 saturated carbocycles. The van der Waals surface area contributed by atoms with Crippen molar-refractivity contribution in [2.24, 2.45) is 0 Å². The Labute approximate surface area is 274 Å². The Hall–Kier alpha value is -6.59. The van der Waals surface area contributed by atoms with E-state index in [1.807, 2.05) is 66.7 Å². The first-order valence-corrected chi connectivity index (χ1v) is 15.9. The Balaban J connectivity index is 1.14. The molecule has 0 radical (unpaired) electrons. The molecular formula is C43H26N2O3. The third-order valence-corrected chi connectivity index (χ3v) is 9.11. The highest BCUT2D eigenvalue weighted by Gasteiger charge is 2.20. The van der Waals surface area contributed by atoms with E-state index in [1.54, 1.807) is 0 Å².